The first-order chi connectivity index (χ1) is 11.0. The Morgan fingerprint density at radius 2 is 2.09 bits per heavy atom. The second-order valence-corrected chi connectivity index (χ2v) is 6.00. The topological polar surface area (TPSA) is 84.7 Å². The summed E-state index contributed by atoms with van der Waals surface area (Å²) in [6, 6.07) is 4.62. The SMILES string of the molecule is CC(C)CCNc1ccc(C(=O)N2CCOCC2)cc1[N+](=O)[O-]. The molecule has 0 unspecified atom stereocenters. The summed E-state index contributed by atoms with van der Waals surface area (Å²) in [7, 11) is 0. The number of morpholine rings is 1. The number of carbonyl (C=O) groups is 1. The number of ether oxygens (including phenoxy) is 1. The molecule has 1 amide bonds. The van der Waals surface area contributed by atoms with Crippen molar-refractivity contribution in [3.8, 4) is 0 Å². The van der Waals surface area contributed by atoms with Gasteiger partial charge in [-0.1, -0.05) is 13.8 Å². The fourth-order valence-electron chi connectivity index (χ4n) is 2.41. The first-order valence-electron chi connectivity index (χ1n) is 7.88. The molecule has 0 aromatic heterocycles. The Bertz CT molecular complexity index is 568. The Morgan fingerprint density at radius 1 is 1.39 bits per heavy atom. The lowest BCUT2D eigenvalue weighted by molar-refractivity contribution is -0.384. The number of benzene rings is 1. The molecule has 1 N–H and O–H groups in total. The largest absolute Gasteiger partial charge is 0.379 e. The van der Waals surface area contributed by atoms with Gasteiger partial charge in [-0.15, -0.1) is 0 Å². The van der Waals surface area contributed by atoms with Crippen LogP contribution >= 0.6 is 0 Å². The molecule has 0 saturated carbocycles. The van der Waals surface area contributed by atoms with Crippen molar-refractivity contribution in [2.24, 2.45) is 5.92 Å². The normalized spacial score (nSPS) is 14.8. The van der Waals surface area contributed by atoms with Crippen LogP contribution < -0.4 is 5.32 Å². The summed E-state index contributed by atoms with van der Waals surface area (Å²) in [6.45, 7) is 6.89. The van der Waals surface area contributed by atoms with Crippen LogP contribution in [0.4, 0.5) is 11.4 Å². The molecule has 0 radical (unpaired) electrons. The molecule has 126 valence electrons. The maximum Gasteiger partial charge on any atom is 0.293 e. The summed E-state index contributed by atoms with van der Waals surface area (Å²) in [5.74, 6) is 0.328. The molecule has 0 bridgehead atoms. The first-order valence-corrected chi connectivity index (χ1v) is 7.88. The Balaban J connectivity index is 2.14. The Labute approximate surface area is 135 Å². The van der Waals surface area contributed by atoms with Gasteiger partial charge in [-0.2, -0.15) is 0 Å². The highest BCUT2D eigenvalue weighted by Gasteiger charge is 2.22. The van der Waals surface area contributed by atoms with E-state index < -0.39 is 4.92 Å². The summed E-state index contributed by atoms with van der Waals surface area (Å²) < 4.78 is 5.22. The van der Waals surface area contributed by atoms with E-state index in [-0.39, 0.29) is 11.6 Å². The molecule has 23 heavy (non-hydrogen) atoms. The fraction of sp³-hybridized carbons (Fsp3) is 0.562. The van der Waals surface area contributed by atoms with Crippen molar-refractivity contribution in [3.63, 3.8) is 0 Å². The molecule has 0 atom stereocenters. The van der Waals surface area contributed by atoms with E-state index in [1.165, 1.54) is 6.07 Å². The predicted octanol–water partition coefficient (Wildman–Crippen LogP) is 2.53. The minimum Gasteiger partial charge on any atom is -0.379 e. The van der Waals surface area contributed by atoms with Gasteiger partial charge in [0.05, 0.1) is 18.1 Å². The van der Waals surface area contributed by atoms with Crippen LogP contribution in [0.3, 0.4) is 0 Å². The number of hydrogen-bond acceptors (Lipinski definition) is 5. The lowest BCUT2D eigenvalue weighted by Crippen LogP contribution is -2.40. The average Bonchev–Trinajstić information content (AvgIpc) is 2.54. The number of nitro groups is 1. The molecule has 0 spiro atoms. The van der Waals surface area contributed by atoms with Gasteiger partial charge in [0.2, 0.25) is 0 Å². The van der Waals surface area contributed by atoms with Crippen LogP contribution in [-0.4, -0.2) is 48.6 Å². The zero-order valence-electron chi connectivity index (χ0n) is 13.6. The van der Waals surface area contributed by atoms with Crippen molar-refractivity contribution < 1.29 is 14.5 Å². The van der Waals surface area contributed by atoms with E-state index in [1.54, 1.807) is 17.0 Å². The number of amides is 1. The Hall–Kier alpha value is -2.15. The summed E-state index contributed by atoms with van der Waals surface area (Å²) in [5, 5.41) is 14.4. The highest BCUT2D eigenvalue weighted by molar-refractivity contribution is 5.95. The minimum absolute atomic E-state index is 0.0622. The van der Waals surface area contributed by atoms with Crippen molar-refractivity contribution in [1.82, 2.24) is 4.90 Å². The fourth-order valence-corrected chi connectivity index (χ4v) is 2.41. The quantitative estimate of drug-likeness (QED) is 0.643. The third-order valence-electron chi connectivity index (χ3n) is 3.78. The molecular weight excluding hydrogens is 298 g/mol. The van der Waals surface area contributed by atoms with E-state index in [0.29, 0.717) is 50.0 Å². The highest BCUT2D eigenvalue weighted by Crippen LogP contribution is 2.26. The van der Waals surface area contributed by atoms with E-state index in [2.05, 4.69) is 19.2 Å². The molecule has 1 saturated heterocycles. The molecular formula is C16H23N3O4. The van der Waals surface area contributed by atoms with Crippen molar-refractivity contribution in [3.05, 3.63) is 33.9 Å². The summed E-state index contributed by atoms with van der Waals surface area (Å²) in [6.07, 6.45) is 0.922. The van der Waals surface area contributed by atoms with Gasteiger partial charge in [0, 0.05) is 31.3 Å². The molecule has 7 heteroatoms. The van der Waals surface area contributed by atoms with Crippen LogP contribution in [0.25, 0.3) is 0 Å². The molecule has 1 aromatic carbocycles. The first kappa shape index (κ1) is 17.2. The average molecular weight is 321 g/mol. The van der Waals surface area contributed by atoms with E-state index >= 15 is 0 Å². The third-order valence-corrected chi connectivity index (χ3v) is 3.78. The van der Waals surface area contributed by atoms with Gasteiger partial charge in [0.25, 0.3) is 11.6 Å². The third kappa shape index (κ3) is 4.66. The maximum absolute atomic E-state index is 12.4. The summed E-state index contributed by atoms with van der Waals surface area (Å²) in [4.78, 5) is 24.9. The zero-order chi connectivity index (χ0) is 16.8. The smallest absolute Gasteiger partial charge is 0.293 e. The number of nitrogens with zero attached hydrogens (tertiary/aromatic N) is 2. The number of carbonyl (C=O) groups excluding carboxylic acids is 1. The second-order valence-electron chi connectivity index (χ2n) is 6.00. The van der Waals surface area contributed by atoms with Crippen LogP contribution in [0.15, 0.2) is 18.2 Å². The number of nitro benzene ring substituents is 1. The predicted molar refractivity (Wildman–Crippen MR) is 87.8 cm³/mol. The molecule has 1 aromatic rings. The summed E-state index contributed by atoms with van der Waals surface area (Å²) >= 11 is 0. The minimum atomic E-state index is -0.451. The maximum atomic E-state index is 12.4. The van der Waals surface area contributed by atoms with E-state index in [0.717, 1.165) is 6.42 Å². The molecule has 2 rings (SSSR count). The highest BCUT2D eigenvalue weighted by atomic mass is 16.6. The van der Waals surface area contributed by atoms with Gasteiger partial charge in [-0.25, -0.2) is 0 Å². The standard InChI is InChI=1S/C16H23N3O4/c1-12(2)5-6-17-14-4-3-13(11-15(14)19(21)22)16(20)18-7-9-23-10-8-18/h3-4,11-12,17H,5-10H2,1-2H3. The van der Waals surface area contributed by atoms with Crippen LogP contribution in [0.1, 0.15) is 30.6 Å². The molecule has 1 fully saturated rings. The van der Waals surface area contributed by atoms with Crippen molar-refractivity contribution in [1.29, 1.82) is 0 Å². The molecule has 1 aliphatic heterocycles. The Morgan fingerprint density at radius 3 is 2.70 bits per heavy atom. The van der Waals surface area contributed by atoms with Crippen molar-refractivity contribution >= 4 is 17.3 Å². The van der Waals surface area contributed by atoms with E-state index in [9.17, 15) is 14.9 Å². The van der Waals surface area contributed by atoms with Gasteiger partial charge in [0.15, 0.2) is 0 Å². The second kappa shape index (κ2) is 7.92. The molecule has 0 aliphatic carbocycles. The van der Waals surface area contributed by atoms with Crippen molar-refractivity contribution in [2.75, 3.05) is 38.2 Å². The van der Waals surface area contributed by atoms with Crippen LogP contribution in [-0.2, 0) is 4.74 Å². The number of rotatable bonds is 6. The number of nitrogens with one attached hydrogen (secondary N) is 1. The molecule has 7 nitrogen and oxygen atoms in total. The van der Waals surface area contributed by atoms with Crippen LogP contribution in [0.2, 0.25) is 0 Å². The lowest BCUT2D eigenvalue weighted by atomic mass is 10.1. The monoisotopic (exact) mass is 321 g/mol. The Kier molecular flexibility index (Phi) is 5.92. The zero-order valence-corrected chi connectivity index (χ0v) is 13.6. The summed E-state index contributed by atoms with van der Waals surface area (Å²) in [5.41, 5.74) is 0.732. The van der Waals surface area contributed by atoms with Crippen molar-refractivity contribution in [2.45, 2.75) is 20.3 Å². The molecule has 1 aliphatic rings. The number of hydrogen-bond donors (Lipinski definition) is 1. The van der Waals surface area contributed by atoms with Gasteiger partial charge in [0.1, 0.15) is 5.69 Å². The van der Waals surface area contributed by atoms with Gasteiger partial charge in [-0.05, 0) is 24.5 Å². The van der Waals surface area contributed by atoms with Gasteiger partial charge in [-0.3, -0.25) is 14.9 Å². The van der Waals surface area contributed by atoms with Gasteiger partial charge >= 0.3 is 0 Å². The van der Waals surface area contributed by atoms with Gasteiger partial charge < -0.3 is 15.0 Å². The van der Waals surface area contributed by atoms with Crippen LogP contribution in [0.5, 0.6) is 0 Å². The lowest BCUT2D eigenvalue weighted by Gasteiger charge is -2.26. The van der Waals surface area contributed by atoms with E-state index in [4.69, 9.17) is 4.74 Å². The van der Waals surface area contributed by atoms with E-state index in [1.807, 2.05) is 0 Å². The van der Waals surface area contributed by atoms with Crippen LogP contribution in [0, 0.1) is 16.0 Å². The number of anilines is 1. The molecule has 1 heterocycles.